The third-order valence-corrected chi connectivity index (χ3v) is 9.11. The van der Waals surface area contributed by atoms with Crippen LogP contribution in [0.5, 0.6) is 11.5 Å². The maximum Gasteiger partial charge on any atom is 0.313 e. The van der Waals surface area contributed by atoms with Crippen molar-refractivity contribution in [3.63, 3.8) is 0 Å². The molecule has 0 aromatic heterocycles. The van der Waals surface area contributed by atoms with Crippen LogP contribution in [0, 0.1) is 23.0 Å². The Hall–Kier alpha value is -3.73. The van der Waals surface area contributed by atoms with E-state index in [0.29, 0.717) is 31.7 Å². The topological polar surface area (TPSA) is 123 Å². The molecule has 9 nitrogen and oxygen atoms in total. The summed E-state index contributed by atoms with van der Waals surface area (Å²) in [4.78, 5) is 35.1. The lowest BCUT2D eigenvalue weighted by Crippen LogP contribution is -2.50. The molecule has 2 unspecified atom stereocenters. The van der Waals surface area contributed by atoms with Crippen LogP contribution in [0.2, 0.25) is 0 Å². The molecule has 2 aliphatic rings. The van der Waals surface area contributed by atoms with Crippen LogP contribution >= 0.6 is 10.2 Å². The molecular weight excluding hydrogens is 641 g/mol. The number of methoxy groups -OCH3 is 1. The van der Waals surface area contributed by atoms with Crippen molar-refractivity contribution in [1.29, 1.82) is 0 Å². The zero-order valence-electron chi connectivity index (χ0n) is 24.0. The summed E-state index contributed by atoms with van der Waals surface area (Å²) in [6, 6.07) is 1.58. The Morgan fingerprint density at radius 2 is 1.64 bits per heavy atom. The van der Waals surface area contributed by atoms with Crippen LogP contribution in [0.15, 0.2) is 35.2 Å². The minimum Gasteiger partial charge on any atom is -0.496 e. The van der Waals surface area contributed by atoms with Crippen LogP contribution in [-0.2, 0) is 14.3 Å². The highest BCUT2D eigenvalue weighted by Crippen LogP contribution is 3.02. The monoisotopic (exact) mass is 672 g/mol. The first kappa shape index (κ1) is 34.1. The number of carboxylic acid groups (broad SMARTS) is 1. The Kier molecular flexibility index (Phi) is 8.78. The Morgan fingerprint density at radius 1 is 0.978 bits per heavy atom. The van der Waals surface area contributed by atoms with Crippen molar-refractivity contribution in [2.75, 3.05) is 25.6 Å². The quantitative estimate of drug-likeness (QED) is 0.250. The second kappa shape index (κ2) is 11.6. The molecule has 2 fully saturated rings. The summed E-state index contributed by atoms with van der Waals surface area (Å²) in [5.41, 5.74) is -1.86. The van der Waals surface area contributed by atoms with E-state index in [4.69, 9.17) is 14.2 Å². The van der Waals surface area contributed by atoms with E-state index < -0.39 is 73.7 Å². The molecule has 17 heteroatoms. The van der Waals surface area contributed by atoms with Gasteiger partial charge in [-0.1, -0.05) is 19.4 Å². The number of hydrogen-bond acceptors (Lipinski definition) is 6. The average molecular weight is 673 g/mol. The van der Waals surface area contributed by atoms with Crippen LogP contribution in [0.25, 0.3) is 0 Å². The minimum atomic E-state index is -10.4. The molecule has 1 saturated carbocycles. The van der Waals surface area contributed by atoms with Crippen molar-refractivity contribution >= 4 is 33.7 Å². The highest BCUT2D eigenvalue weighted by Gasteiger charge is 2.67. The number of aliphatic carboxylic acids is 1. The van der Waals surface area contributed by atoms with E-state index in [1.54, 1.807) is 6.92 Å². The standard InChI is InChI=1S/C28H31F7N2O7S/c1-28(27(40)41)8-5-16(6-9-28)44-23-12-18(22(42-2)13-20(23)30)26(39)37-21-14-43-10-7-17(21)25(38)36-15-3-4-19(29)24(11-15)45(31,32,33,34)35/h3-4,11-13,16-17,21H,5-10,14H2,1-2H3,(H,36,38)(H,37,39)(H,40,41). The molecule has 250 valence electrons. The predicted molar refractivity (Wildman–Crippen MR) is 148 cm³/mol. The maximum absolute atomic E-state index is 14.9. The van der Waals surface area contributed by atoms with Gasteiger partial charge >= 0.3 is 16.2 Å². The van der Waals surface area contributed by atoms with E-state index in [2.05, 4.69) is 10.6 Å². The fourth-order valence-corrected chi connectivity index (χ4v) is 6.05. The number of anilines is 1. The number of benzene rings is 2. The minimum absolute atomic E-state index is 0.0186. The number of hydrogen-bond donors (Lipinski definition) is 3. The van der Waals surface area contributed by atoms with Crippen LogP contribution < -0.4 is 20.1 Å². The maximum atomic E-state index is 14.9. The molecular formula is C28H31F7N2O7S. The van der Waals surface area contributed by atoms with Crippen LogP contribution in [0.1, 0.15) is 49.4 Å². The molecule has 1 aliphatic carbocycles. The lowest BCUT2D eigenvalue weighted by atomic mass is 9.75. The van der Waals surface area contributed by atoms with Gasteiger partial charge in [-0.15, -0.1) is 0 Å². The Bertz CT molecular complexity index is 1500. The molecule has 1 aliphatic heterocycles. The number of ether oxygens (including phenoxy) is 3. The second-order valence-electron chi connectivity index (χ2n) is 11.3. The van der Waals surface area contributed by atoms with Gasteiger partial charge in [0.2, 0.25) is 5.91 Å². The normalized spacial score (nSPS) is 25.3. The van der Waals surface area contributed by atoms with E-state index in [0.717, 1.165) is 12.1 Å². The number of carbonyl (C=O) groups is 3. The summed E-state index contributed by atoms with van der Waals surface area (Å²) >= 11 is 0. The number of rotatable bonds is 9. The van der Waals surface area contributed by atoms with Gasteiger partial charge < -0.3 is 30.0 Å². The van der Waals surface area contributed by atoms with Crippen molar-refractivity contribution in [2.45, 2.75) is 56.1 Å². The molecule has 0 spiro atoms. The Balaban J connectivity index is 1.50. The molecule has 4 rings (SSSR count). The van der Waals surface area contributed by atoms with Gasteiger partial charge in [-0.3, -0.25) is 14.4 Å². The molecule has 2 amide bonds. The fraction of sp³-hybridized carbons (Fsp3) is 0.464. The summed E-state index contributed by atoms with van der Waals surface area (Å²) < 4.78 is 111. The van der Waals surface area contributed by atoms with E-state index in [-0.39, 0.29) is 48.8 Å². The van der Waals surface area contributed by atoms with Gasteiger partial charge in [-0.2, -0.15) is 0 Å². The van der Waals surface area contributed by atoms with Gasteiger partial charge in [0, 0.05) is 18.4 Å². The Labute approximate surface area is 253 Å². The zero-order chi connectivity index (χ0) is 33.4. The number of carbonyl (C=O) groups excluding carboxylic acids is 2. The Morgan fingerprint density at radius 3 is 2.24 bits per heavy atom. The van der Waals surface area contributed by atoms with Gasteiger partial charge in [-0.05, 0) is 63.3 Å². The fourth-order valence-electron chi connectivity index (χ4n) is 5.26. The number of halogens is 7. The summed E-state index contributed by atoms with van der Waals surface area (Å²) in [6.45, 7) is 1.41. The predicted octanol–water partition coefficient (Wildman–Crippen LogP) is 6.82. The van der Waals surface area contributed by atoms with Crippen LogP contribution in [0.4, 0.5) is 33.9 Å². The average Bonchev–Trinajstić information content (AvgIpc) is 2.94. The zero-order valence-corrected chi connectivity index (χ0v) is 24.8. The molecule has 45 heavy (non-hydrogen) atoms. The third-order valence-electron chi connectivity index (χ3n) is 7.97. The highest BCUT2D eigenvalue weighted by atomic mass is 32.5. The molecule has 0 bridgehead atoms. The van der Waals surface area contributed by atoms with E-state index in [9.17, 15) is 47.7 Å². The summed E-state index contributed by atoms with van der Waals surface area (Å²) in [6.07, 6.45) is 0.679. The van der Waals surface area contributed by atoms with E-state index in [1.165, 1.54) is 7.11 Å². The number of nitrogens with one attached hydrogen (secondary N) is 2. The number of carboxylic acids is 1. The smallest absolute Gasteiger partial charge is 0.313 e. The van der Waals surface area contributed by atoms with Crippen molar-refractivity contribution in [3.8, 4) is 11.5 Å². The van der Waals surface area contributed by atoms with E-state index >= 15 is 0 Å². The van der Waals surface area contributed by atoms with Crippen LogP contribution in [-0.4, -0.2) is 55.4 Å². The largest absolute Gasteiger partial charge is 0.496 e. The summed E-state index contributed by atoms with van der Waals surface area (Å²) in [5, 5.41) is 14.1. The van der Waals surface area contributed by atoms with Gasteiger partial charge in [0.05, 0.1) is 42.8 Å². The third kappa shape index (κ3) is 7.92. The van der Waals surface area contributed by atoms with Crippen molar-refractivity contribution in [1.82, 2.24) is 5.32 Å². The molecule has 1 heterocycles. The molecule has 2 atom stereocenters. The van der Waals surface area contributed by atoms with Gasteiger partial charge in [0.1, 0.15) is 16.5 Å². The molecule has 2 aromatic carbocycles. The molecule has 2 aromatic rings. The van der Waals surface area contributed by atoms with Crippen molar-refractivity contribution < 1.29 is 61.9 Å². The summed E-state index contributed by atoms with van der Waals surface area (Å²) in [7, 11) is -9.23. The van der Waals surface area contributed by atoms with Gasteiger partial charge in [-0.25, -0.2) is 8.78 Å². The van der Waals surface area contributed by atoms with Gasteiger partial charge in [0.25, 0.3) is 5.91 Å². The molecule has 0 radical (unpaired) electrons. The number of amides is 2. The highest BCUT2D eigenvalue weighted by molar-refractivity contribution is 8.45. The van der Waals surface area contributed by atoms with E-state index in [1.807, 2.05) is 0 Å². The second-order valence-corrected chi connectivity index (χ2v) is 13.7. The van der Waals surface area contributed by atoms with Crippen molar-refractivity contribution in [2.24, 2.45) is 11.3 Å². The lowest BCUT2D eigenvalue weighted by molar-refractivity contribution is -0.150. The van der Waals surface area contributed by atoms with Crippen molar-refractivity contribution in [3.05, 3.63) is 47.5 Å². The van der Waals surface area contributed by atoms with Crippen LogP contribution in [0.3, 0.4) is 0 Å². The van der Waals surface area contributed by atoms with Gasteiger partial charge in [0.15, 0.2) is 11.6 Å². The first-order valence-corrected chi connectivity index (χ1v) is 15.7. The summed E-state index contributed by atoms with van der Waals surface area (Å²) in [5.74, 6) is -7.41. The first-order valence-electron chi connectivity index (χ1n) is 13.7. The molecule has 1 saturated heterocycles. The SMILES string of the molecule is COc1cc(F)c(OC2CCC(C)(C(=O)O)CC2)cc1C(=O)NC1COCCC1C(=O)Nc1ccc(F)c(S(F)(F)(F)(F)F)c1. The first-order chi connectivity index (χ1) is 20.7. The lowest BCUT2D eigenvalue weighted by Gasteiger charge is -2.40. The molecule has 3 N–H and O–H groups in total.